The molecule has 0 radical (unpaired) electrons. The van der Waals surface area contributed by atoms with Gasteiger partial charge in [0.15, 0.2) is 5.78 Å². The number of carbonyl (C=O) groups excluding carboxylic acids is 2. The summed E-state index contributed by atoms with van der Waals surface area (Å²) in [5, 5.41) is 8.75. The number of aromatic amines is 1. The fourth-order valence-electron chi connectivity index (χ4n) is 1.56. The predicted octanol–water partition coefficient (Wildman–Crippen LogP) is 1.06. The van der Waals surface area contributed by atoms with E-state index in [9.17, 15) is 9.59 Å². The first-order valence-corrected chi connectivity index (χ1v) is 5.69. The van der Waals surface area contributed by atoms with Gasteiger partial charge in [0.2, 0.25) is 0 Å². The molecule has 5 heteroatoms. The Morgan fingerprint density at radius 3 is 2.65 bits per heavy atom. The molecule has 0 saturated carbocycles. The van der Waals surface area contributed by atoms with Crippen molar-refractivity contribution in [1.29, 1.82) is 0 Å². The lowest BCUT2D eigenvalue weighted by molar-refractivity contribution is 0.0749. The molecule has 1 rings (SSSR count). The molecule has 1 aromatic heterocycles. The molecule has 0 saturated heterocycles. The molecule has 0 aliphatic heterocycles. The number of carbonyl (C=O) groups is 2. The third-order valence-electron chi connectivity index (χ3n) is 2.58. The summed E-state index contributed by atoms with van der Waals surface area (Å²) in [6.07, 6.45) is 2.09. The van der Waals surface area contributed by atoms with E-state index in [1.54, 1.807) is 11.0 Å². The maximum Gasteiger partial charge on any atom is 0.270 e. The molecule has 0 spiro atoms. The highest BCUT2D eigenvalue weighted by Crippen LogP contribution is 2.08. The van der Waals surface area contributed by atoms with Gasteiger partial charge in [0.1, 0.15) is 5.69 Å². The lowest BCUT2D eigenvalue weighted by Gasteiger charge is -2.19. The van der Waals surface area contributed by atoms with Gasteiger partial charge < -0.3 is 15.0 Å². The van der Waals surface area contributed by atoms with Crippen LogP contribution in [0.1, 0.15) is 41.1 Å². The zero-order chi connectivity index (χ0) is 12.8. The quantitative estimate of drug-likeness (QED) is 0.728. The van der Waals surface area contributed by atoms with Crippen LogP contribution in [0.2, 0.25) is 0 Å². The first-order valence-electron chi connectivity index (χ1n) is 5.69. The van der Waals surface area contributed by atoms with Crippen molar-refractivity contribution < 1.29 is 14.7 Å². The van der Waals surface area contributed by atoms with Crippen LogP contribution >= 0.6 is 0 Å². The first-order chi connectivity index (χ1) is 8.10. The highest BCUT2D eigenvalue weighted by atomic mass is 16.3. The number of ketones is 1. The van der Waals surface area contributed by atoms with Crippen molar-refractivity contribution in [2.75, 3.05) is 19.7 Å². The second kappa shape index (κ2) is 6.20. The summed E-state index contributed by atoms with van der Waals surface area (Å²) in [4.78, 5) is 27.6. The summed E-state index contributed by atoms with van der Waals surface area (Å²) in [7, 11) is 0. The molecule has 0 unspecified atom stereocenters. The number of hydrogen-bond donors (Lipinski definition) is 2. The number of amides is 1. The van der Waals surface area contributed by atoms with E-state index in [0.717, 1.165) is 0 Å². The van der Waals surface area contributed by atoms with Crippen LogP contribution in [0.3, 0.4) is 0 Å². The third kappa shape index (κ3) is 3.42. The molecule has 1 heterocycles. The molecule has 0 aliphatic carbocycles. The van der Waals surface area contributed by atoms with E-state index in [4.69, 9.17) is 5.11 Å². The minimum absolute atomic E-state index is 0.0627. The Hall–Kier alpha value is -1.62. The van der Waals surface area contributed by atoms with Crippen LogP contribution in [0.4, 0.5) is 0 Å². The topological polar surface area (TPSA) is 73.4 Å². The van der Waals surface area contributed by atoms with Gasteiger partial charge in [-0.3, -0.25) is 9.59 Å². The van der Waals surface area contributed by atoms with Crippen molar-refractivity contribution in [3.8, 4) is 0 Å². The Balaban J connectivity index is 2.75. The van der Waals surface area contributed by atoms with Crippen LogP contribution in [-0.4, -0.2) is 46.4 Å². The van der Waals surface area contributed by atoms with E-state index in [2.05, 4.69) is 4.98 Å². The molecule has 0 atom stereocenters. The number of hydrogen-bond acceptors (Lipinski definition) is 3. The number of rotatable bonds is 6. The van der Waals surface area contributed by atoms with Crippen molar-refractivity contribution in [3.05, 3.63) is 23.5 Å². The molecule has 17 heavy (non-hydrogen) atoms. The average Bonchev–Trinajstić information content (AvgIpc) is 2.79. The lowest BCUT2D eigenvalue weighted by Crippen LogP contribution is -2.32. The normalized spacial score (nSPS) is 10.3. The summed E-state index contributed by atoms with van der Waals surface area (Å²) in [6, 6.07) is 1.56. The summed E-state index contributed by atoms with van der Waals surface area (Å²) >= 11 is 0. The Morgan fingerprint density at radius 2 is 2.18 bits per heavy atom. The predicted molar refractivity (Wildman–Crippen MR) is 64.1 cm³/mol. The van der Waals surface area contributed by atoms with Crippen molar-refractivity contribution >= 4 is 11.7 Å². The monoisotopic (exact) mass is 238 g/mol. The molecular formula is C12H18N2O3. The van der Waals surface area contributed by atoms with E-state index in [-0.39, 0.29) is 18.3 Å². The minimum atomic E-state index is -0.145. The van der Waals surface area contributed by atoms with Crippen molar-refractivity contribution in [2.45, 2.75) is 20.3 Å². The molecule has 0 aliphatic rings. The van der Waals surface area contributed by atoms with Gasteiger partial charge in [-0.15, -0.1) is 0 Å². The molecule has 94 valence electrons. The standard InChI is InChI=1S/C12H18N2O3/c1-3-14(5-4-6-15)12(17)11-7-10(8-13-11)9(2)16/h7-8,13,15H,3-6H2,1-2H3. The molecular weight excluding hydrogens is 220 g/mol. The molecule has 0 bridgehead atoms. The van der Waals surface area contributed by atoms with Gasteiger partial charge in [0, 0.05) is 31.5 Å². The van der Waals surface area contributed by atoms with E-state index in [1.807, 2.05) is 6.92 Å². The molecule has 1 amide bonds. The highest BCUT2D eigenvalue weighted by molar-refractivity contribution is 5.99. The van der Waals surface area contributed by atoms with Crippen LogP contribution in [0.15, 0.2) is 12.3 Å². The fourth-order valence-corrected chi connectivity index (χ4v) is 1.56. The number of aromatic nitrogens is 1. The zero-order valence-corrected chi connectivity index (χ0v) is 10.2. The second-order valence-corrected chi connectivity index (χ2v) is 3.82. The maximum absolute atomic E-state index is 12.0. The molecule has 0 fully saturated rings. The van der Waals surface area contributed by atoms with Gasteiger partial charge in [0.25, 0.3) is 5.91 Å². The number of Topliss-reactive ketones (excluding diaryl/α,β-unsaturated/α-hetero) is 1. The first kappa shape index (κ1) is 13.4. The summed E-state index contributed by atoms with van der Waals surface area (Å²) in [5.74, 6) is -0.216. The Morgan fingerprint density at radius 1 is 1.47 bits per heavy atom. The van der Waals surface area contributed by atoms with Crippen LogP contribution in [0.5, 0.6) is 0 Å². The largest absolute Gasteiger partial charge is 0.396 e. The summed E-state index contributed by atoms with van der Waals surface area (Å²) in [5.41, 5.74) is 0.918. The number of nitrogens with zero attached hydrogens (tertiary/aromatic N) is 1. The molecule has 0 aromatic carbocycles. The lowest BCUT2D eigenvalue weighted by atomic mass is 10.2. The van der Waals surface area contributed by atoms with E-state index in [1.165, 1.54) is 13.1 Å². The molecule has 1 aromatic rings. The highest BCUT2D eigenvalue weighted by Gasteiger charge is 2.16. The van der Waals surface area contributed by atoms with Gasteiger partial charge >= 0.3 is 0 Å². The van der Waals surface area contributed by atoms with E-state index < -0.39 is 0 Å². The number of nitrogens with one attached hydrogen (secondary N) is 1. The van der Waals surface area contributed by atoms with Crippen LogP contribution in [0, 0.1) is 0 Å². The van der Waals surface area contributed by atoms with Crippen molar-refractivity contribution in [3.63, 3.8) is 0 Å². The Labute approximate surface area is 100 Å². The van der Waals surface area contributed by atoms with Crippen LogP contribution < -0.4 is 0 Å². The van der Waals surface area contributed by atoms with Crippen LogP contribution in [-0.2, 0) is 0 Å². The van der Waals surface area contributed by atoms with Crippen LogP contribution in [0.25, 0.3) is 0 Å². The van der Waals surface area contributed by atoms with Crippen molar-refractivity contribution in [1.82, 2.24) is 9.88 Å². The van der Waals surface area contributed by atoms with Gasteiger partial charge in [-0.1, -0.05) is 0 Å². The fraction of sp³-hybridized carbons (Fsp3) is 0.500. The Bertz CT molecular complexity index is 398. The molecule has 5 nitrogen and oxygen atoms in total. The van der Waals surface area contributed by atoms with Gasteiger partial charge in [-0.25, -0.2) is 0 Å². The SMILES string of the molecule is CCN(CCCO)C(=O)c1cc(C(C)=O)c[nH]1. The summed E-state index contributed by atoms with van der Waals surface area (Å²) < 4.78 is 0. The van der Waals surface area contributed by atoms with E-state index >= 15 is 0 Å². The van der Waals surface area contributed by atoms with Gasteiger partial charge in [0.05, 0.1) is 0 Å². The summed E-state index contributed by atoms with van der Waals surface area (Å²) in [6.45, 7) is 4.49. The number of aliphatic hydroxyl groups is 1. The third-order valence-corrected chi connectivity index (χ3v) is 2.58. The zero-order valence-electron chi connectivity index (χ0n) is 10.2. The molecule has 2 N–H and O–H groups in total. The maximum atomic E-state index is 12.0. The second-order valence-electron chi connectivity index (χ2n) is 3.82. The number of H-pyrrole nitrogens is 1. The minimum Gasteiger partial charge on any atom is -0.396 e. The van der Waals surface area contributed by atoms with E-state index in [0.29, 0.717) is 30.8 Å². The smallest absolute Gasteiger partial charge is 0.270 e. The van der Waals surface area contributed by atoms with Gasteiger partial charge in [-0.05, 0) is 26.3 Å². The Kier molecular flexibility index (Phi) is 4.90. The van der Waals surface area contributed by atoms with Crippen molar-refractivity contribution in [2.24, 2.45) is 0 Å². The number of aliphatic hydroxyl groups excluding tert-OH is 1. The average molecular weight is 238 g/mol. The van der Waals surface area contributed by atoms with Gasteiger partial charge in [-0.2, -0.15) is 0 Å².